The zero-order valence-corrected chi connectivity index (χ0v) is 7.07. The van der Waals surface area contributed by atoms with Crippen molar-refractivity contribution in [3.63, 3.8) is 0 Å². The first-order valence-electron chi connectivity index (χ1n) is 3.36. The maximum atomic E-state index is 11.1. The fourth-order valence-electron chi connectivity index (χ4n) is 0.718. The Balaban J connectivity index is 2.69. The van der Waals surface area contributed by atoms with Crippen LogP contribution in [0.1, 0.15) is 22.2 Å². The predicted octanol–water partition coefficient (Wildman–Crippen LogP) is 1.56. The summed E-state index contributed by atoms with van der Waals surface area (Å²) in [6.07, 6.45) is 0. The van der Waals surface area contributed by atoms with Crippen LogP contribution in [0.5, 0.6) is 0 Å². The highest BCUT2D eigenvalue weighted by Crippen LogP contribution is 2.12. The topological polar surface area (TPSA) is 29.1 Å². The van der Waals surface area contributed by atoms with Crippen LogP contribution in [0.4, 0.5) is 0 Å². The van der Waals surface area contributed by atoms with Gasteiger partial charge in [-0.1, -0.05) is 0 Å². The van der Waals surface area contributed by atoms with Crippen LogP contribution in [0.3, 0.4) is 0 Å². The van der Waals surface area contributed by atoms with Crippen molar-refractivity contribution in [1.29, 1.82) is 0 Å². The summed E-state index contributed by atoms with van der Waals surface area (Å²) in [6.45, 7) is 7.98. The van der Waals surface area contributed by atoms with Gasteiger partial charge in [0.25, 0.3) is 5.91 Å². The molecule has 0 aliphatic rings. The Bertz CT molecular complexity index is 254. The van der Waals surface area contributed by atoms with Crippen molar-refractivity contribution in [3.8, 4) is 0 Å². The number of rotatable bonds is 2. The number of carbonyl (C=O) groups is 1. The van der Waals surface area contributed by atoms with Gasteiger partial charge in [0.1, 0.15) is 0 Å². The molecule has 0 saturated carbocycles. The van der Waals surface area contributed by atoms with Crippen LogP contribution in [0.2, 0.25) is 0 Å². The zero-order valence-electron chi connectivity index (χ0n) is 6.26. The number of hydrogen-bond acceptors (Lipinski definition) is 2. The minimum absolute atomic E-state index is 0.0470. The summed E-state index contributed by atoms with van der Waals surface area (Å²) >= 11 is 1.36. The molecular formula is C8H9NOS. The summed E-state index contributed by atoms with van der Waals surface area (Å²) in [7, 11) is 0. The predicted molar refractivity (Wildman–Crippen MR) is 45.7 cm³/mol. The minimum Gasteiger partial charge on any atom is -0.352 e. The van der Waals surface area contributed by atoms with Gasteiger partial charge in [0.15, 0.2) is 0 Å². The van der Waals surface area contributed by atoms with Crippen LogP contribution >= 0.6 is 11.3 Å². The third-order valence-electron chi connectivity index (χ3n) is 1.18. The van der Waals surface area contributed by atoms with Gasteiger partial charge in [0.05, 0.1) is 4.88 Å². The van der Waals surface area contributed by atoms with Crippen molar-refractivity contribution in [2.45, 2.75) is 6.92 Å². The van der Waals surface area contributed by atoms with Crippen molar-refractivity contribution in [2.24, 2.45) is 0 Å². The van der Waals surface area contributed by atoms with Crippen LogP contribution in [0, 0.1) is 6.92 Å². The summed E-state index contributed by atoms with van der Waals surface area (Å²) in [6, 6.07) is 1.68. The molecule has 1 rings (SSSR count). The molecule has 1 aromatic heterocycles. The van der Waals surface area contributed by atoms with Gasteiger partial charge in [-0.3, -0.25) is 4.79 Å². The Morgan fingerprint density at radius 3 is 3.00 bits per heavy atom. The van der Waals surface area contributed by atoms with Crippen LogP contribution < -0.4 is 5.32 Å². The molecule has 0 fully saturated rings. The number of carbonyl (C=O) groups excluding carboxylic acids is 1. The van der Waals surface area contributed by atoms with E-state index in [2.05, 4.69) is 5.32 Å². The fraction of sp³-hybridized carbons (Fsp3) is 0.250. The molecule has 0 unspecified atom stereocenters. The summed E-state index contributed by atoms with van der Waals surface area (Å²) in [5.74, 6) is -0.0470. The maximum absolute atomic E-state index is 11.1. The summed E-state index contributed by atoms with van der Waals surface area (Å²) in [5, 5.41) is 4.45. The molecule has 0 saturated heterocycles. The molecule has 1 aromatic rings. The average Bonchev–Trinajstić information content (AvgIpc) is 2.36. The smallest absolute Gasteiger partial charge is 0.261 e. The molecule has 0 bridgehead atoms. The monoisotopic (exact) mass is 167 g/mol. The summed E-state index contributed by atoms with van der Waals surface area (Å²) in [4.78, 5) is 11.8. The lowest BCUT2D eigenvalue weighted by Crippen LogP contribution is -2.21. The molecule has 2 nitrogen and oxygen atoms in total. The standard InChI is InChI=1S/C8H9NOS/c1-3-9-8(10)7-4-6(2)5-11-7/h2,4-5H,3H2,1H3,(H,9,10). The number of hydrogen-bond donors (Lipinski definition) is 1. The second-order valence-electron chi connectivity index (χ2n) is 2.10. The zero-order chi connectivity index (χ0) is 8.27. The Morgan fingerprint density at radius 2 is 2.55 bits per heavy atom. The molecule has 1 amide bonds. The molecule has 11 heavy (non-hydrogen) atoms. The summed E-state index contributed by atoms with van der Waals surface area (Å²) < 4.78 is 0. The minimum atomic E-state index is -0.0470. The average molecular weight is 167 g/mol. The number of amides is 1. The van der Waals surface area contributed by atoms with E-state index in [1.165, 1.54) is 11.3 Å². The third kappa shape index (κ3) is 2.05. The first-order chi connectivity index (χ1) is 5.24. The highest BCUT2D eigenvalue weighted by Gasteiger charge is 2.04. The molecule has 0 aliphatic heterocycles. The van der Waals surface area contributed by atoms with E-state index in [9.17, 15) is 4.79 Å². The van der Waals surface area contributed by atoms with E-state index in [1.54, 1.807) is 11.4 Å². The van der Waals surface area contributed by atoms with Crippen molar-refractivity contribution < 1.29 is 4.79 Å². The molecule has 58 valence electrons. The molecule has 0 spiro atoms. The first-order valence-corrected chi connectivity index (χ1v) is 4.24. The summed E-state index contributed by atoms with van der Waals surface area (Å²) in [5.41, 5.74) is 0.649. The van der Waals surface area contributed by atoms with E-state index < -0.39 is 0 Å². The van der Waals surface area contributed by atoms with E-state index in [4.69, 9.17) is 6.92 Å². The highest BCUT2D eigenvalue weighted by molar-refractivity contribution is 7.12. The molecular weight excluding hydrogens is 158 g/mol. The molecule has 1 N–H and O–H groups in total. The van der Waals surface area contributed by atoms with Crippen molar-refractivity contribution >= 4 is 17.2 Å². The lowest BCUT2D eigenvalue weighted by molar-refractivity contribution is 0.0960. The van der Waals surface area contributed by atoms with Gasteiger partial charge in [0, 0.05) is 6.54 Å². The molecule has 2 radical (unpaired) electrons. The lowest BCUT2D eigenvalue weighted by atomic mass is 10.3. The molecule has 0 aliphatic carbocycles. The van der Waals surface area contributed by atoms with Crippen molar-refractivity contribution in [3.05, 3.63) is 28.8 Å². The first kappa shape index (κ1) is 8.27. The van der Waals surface area contributed by atoms with E-state index in [0.29, 0.717) is 17.0 Å². The molecule has 0 aromatic carbocycles. The van der Waals surface area contributed by atoms with Crippen LogP contribution in [0.25, 0.3) is 0 Å². The van der Waals surface area contributed by atoms with Gasteiger partial charge < -0.3 is 5.32 Å². The third-order valence-corrected chi connectivity index (χ3v) is 2.13. The molecule has 1 heterocycles. The van der Waals surface area contributed by atoms with E-state index >= 15 is 0 Å². The lowest BCUT2D eigenvalue weighted by Gasteiger charge is -1.96. The number of thiophene rings is 1. The second kappa shape index (κ2) is 3.53. The van der Waals surface area contributed by atoms with Gasteiger partial charge in [0.2, 0.25) is 0 Å². The van der Waals surface area contributed by atoms with Crippen LogP contribution in [0.15, 0.2) is 11.4 Å². The van der Waals surface area contributed by atoms with Crippen LogP contribution in [-0.4, -0.2) is 12.5 Å². The molecule has 3 heteroatoms. The van der Waals surface area contributed by atoms with Crippen LogP contribution in [-0.2, 0) is 0 Å². The normalized spacial score (nSPS) is 9.64. The van der Waals surface area contributed by atoms with Gasteiger partial charge in [-0.05, 0) is 30.9 Å². The van der Waals surface area contributed by atoms with E-state index in [0.717, 1.165) is 0 Å². The van der Waals surface area contributed by atoms with Crippen molar-refractivity contribution in [2.75, 3.05) is 6.54 Å². The maximum Gasteiger partial charge on any atom is 0.261 e. The Kier molecular flexibility index (Phi) is 2.65. The highest BCUT2D eigenvalue weighted by atomic mass is 32.1. The van der Waals surface area contributed by atoms with E-state index in [1.807, 2.05) is 6.92 Å². The second-order valence-corrected chi connectivity index (χ2v) is 3.01. The Morgan fingerprint density at radius 1 is 1.82 bits per heavy atom. The largest absolute Gasteiger partial charge is 0.352 e. The van der Waals surface area contributed by atoms with E-state index in [-0.39, 0.29) is 5.91 Å². The molecule has 0 atom stereocenters. The Labute approximate surface area is 70.2 Å². The van der Waals surface area contributed by atoms with Crippen molar-refractivity contribution in [1.82, 2.24) is 5.32 Å². The van der Waals surface area contributed by atoms with Gasteiger partial charge in [-0.15, -0.1) is 11.3 Å². The Hall–Kier alpha value is -0.830. The van der Waals surface area contributed by atoms with Gasteiger partial charge in [-0.25, -0.2) is 0 Å². The quantitative estimate of drug-likeness (QED) is 0.711. The number of nitrogens with one attached hydrogen (secondary N) is 1. The SMILES string of the molecule is [CH]c1csc(C(=O)NCC)c1. The van der Waals surface area contributed by atoms with Gasteiger partial charge >= 0.3 is 0 Å². The van der Waals surface area contributed by atoms with Gasteiger partial charge in [-0.2, -0.15) is 0 Å². The fourth-order valence-corrected chi connectivity index (χ4v) is 1.43.